The van der Waals surface area contributed by atoms with E-state index in [0.717, 1.165) is 99.4 Å². The van der Waals surface area contributed by atoms with Gasteiger partial charge in [-0.3, -0.25) is 14.6 Å². The number of aliphatic hydroxyl groups excluding tert-OH is 1. The number of hydrogen-bond acceptors (Lipinski definition) is 11. The standard InChI is InChI=1S/C44H60N6O8/c1-44(2,3)58-43(53)47-39(28-33-7-5-4-6-8-33)41(51)29-35(27-34-9-11-36(12-10-34)56-25-19-48-15-21-54-22-16-48)42(52)46-32-50-31-45-38-30-37(13-14-40(38)50)57-26-20-49-17-23-55-24-18-49/h4-14,30-31,35,39,41,51H,15-29,32H2,1-3H3,(H,46,52)(H,47,53). The number of hydrogen-bond donors (Lipinski definition) is 3. The number of aromatic nitrogens is 2. The Kier molecular flexibility index (Phi) is 15.8. The number of benzene rings is 3. The number of amides is 2. The Balaban J connectivity index is 1.12. The second kappa shape index (κ2) is 21.3. The van der Waals surface area contributed by atoms with Crippen molar-refractivity contribution < 1.29 is 38.4 Å². The zero-order valence-electron chi connectivity index (χ0n) is 34.1. The quantitative estimate of drug-likeness (QED) is 0.125. The van der Waals surface area contributed by atoms with Crippen molar-refractivity contribution in [3.05, 3.63) is 90.3 Å². The van der Waals surface area contributed by atoms with Crippen LogP contribution >= 0.6 is 0 Å². The summed E-state index contributed by atoms with van der Waals surface area (Å²) in [5, 5.41) is 17.8. The molecule has 2 aliphatic heterocycles. The number of fused-ring (bicyclic) bond motifs is 1. The Morgan fingerprint density at radius 2 is 1.41 bits per heavy atom. The van der Waals surface area contributed by atoms with Gasteiger partial charge in [0.15, 0.2) is 0 Å². The number of nitrogens with one attached hydrogen (secondary N) is 2. The SMILES string of the molecule is CC(C)(C)OC(=O)NC(Cc1ccccc1)C(O)CC(Cc1ccc(OCCN2CCOCC2)cc1)C(=O)NCn1cnc2cc(OCCN3CCOCC3)ccc21. The highest BCUT2D eigenvalue weighted by Gasteiger charge is 2.30. The maximum atomic E-state index is 14.1. The average molecular weight is 801 g/mol. The first-order valence-corrected chi connectivity index (χ1v) is 20.5. The van der Waals surface area contributed by atoms with Gasteiger partial charge in [-0.15, -0.1) is 0 Å². The molecule has 0 bridgehead atoms. The van der Waals surface area contributed by atoms with Gasteiger partial charge in [-0.25, -0.2) is 9.78 Å². The van der Waals surface area contributed by atoms with Crippen LogP contribution in [0, 0.1) is 5.92 Å². The summed E-state index contributed by atoms with van der Waals surface area (Å²) in [6.07, 6.45) is 0.804. The molecule has 0 saturated carbocycles. The third-order valence-corrected chi connectivity index (χ3v) is 10.3. The van der Waals surface area contributed by atoms with Gasteiger partial charge in [0.2, 0.25) is 5.91 Å². The van der Waals surface area contributed by atoms with Crippen molar-refractivity contribution in [1.82, 2.24) is 30.0 Å². The van der Waals surface area contributed by atoms with Gasteiger partial charge < -0.3 is 44.0 Å². The second-order valence-electron chi connectivity index (χ2n) is 16.0. The Hall–Kier alpha value is -4.73. The summed E-state index contributed by atoms with van der Waals surface area (Å²) >= 11 is 0. The summed E-state index contributed by atoms with van der Waals surface area (Å²) in [7, 11) is 0. The van der Waals surface area contributed by atoms with Crippen molar-refractivity contribution in [2.45, 2.75) is 64.4 Å². The summed E-state index contributed by atoms with van der Waals surface area (Å²) in [6.45, 7) is 15.0. The Labute approximate surface area is 341 Å². The number of carbonyl (C=O) groups excluding carboxylic acids is 2. The molecule has 6 rings (SSSR count). The van der Waals surface area contributed by atoms with Gasteiger partial charge in [-0.05, 0) is 75.4 Å². The minimum atomic E-state index is -1.07. The first kappa shape index (κ1) is 42.9. The van der Waals surface area contributed by atoms with E-state index >= 15 is 0 Å². The zero-order valence-corrected chi connectivity index (χ0v) is 34.1. The van der Waals surface area contributed by atoms with E-state index in [2.05, 4.69) is 25.4 Å². The van der Waals surface area contributed by atoms with Gasteiger partial charge >= 0.3 is 6.09 Å². The van der Waals surface area contributed by atoms with Crippen molar-refractivity contribution >= 4 is 23.0 Å². The summed E-state index contributed by atoms with van der Waals surface area (Å²) in [6, 6.07) is 22.5. The zero-order chi connectivity index (χ0) is 40.7. The number of carbonyl (C=O) groups is 2. The van der Waals surface area contributed by atoms with Crippen LogP contribution in [0.15, 0.2) is 79.1 Å². The highest BCUT2D eigenvalue weighted by atomic mass is 16.6. The van der Waals surface area contributed by atoms with Gasteiger partial charge in [0, 0.05) is 51.3 Å². The van der Waals surface area contributed by atoms with E-state index in [-0.39, 0.29) is 19.0 Å². The molecular formula is C44H60N6O8. The molecule has 58 heavy (non-hydrogen) atoms. The molecule has 0 radical (unpaired) electrons. The molecule has 14 nitrogen and oxygen atoms in total. The molecule has 314 valence electrons. The van der Waals surface area contributed by atoms with Crippen LogP contribution in [-0.4, -0.2) is 133 Å². The largest absolute Gasteiger partial charge is 0.492 e. The Morgan fingerprint density at radius 1 is 0.810 bits per heavy atom. The molecule has 2 aliphatic rings. The normalized spacial score (nSPS) is 17.0. The summed E-state index contributed by atoms with van der Waals surface area (Å²) in [4.78, 5) is 36.3. The molecule has 2 fully saturated rings. The molecule has 4 aromatic rings. The number of alkyl carbamates (subject to hydrolysis) is 1. The fourth-order valence-electron chi connectivity index (χ4n) is 7.16. The van der Waals surface area contributed by atoms with Crippen LogP contribution in [-0.2, 0) is 38.5 Å². The van der Waals surface area contributed by atoms with Crippen LogP contribution in [0.5, 0.6) is 11.5 Å². The number of imidazole rings is 1. The number of aliphatic hydroxyl groups is 1. The van der Waals surface area contributed by atoms with Crippen molar-refractivity contribution in [1.29, 1.82) is 0 Å². The van der Waals surface area contributed by atoms with E-state index in [4.69, 9.17) is 23.7 Å². The van der Waals surface area contributed by atoms with E-state index in [1.807, 2.05) is 77.4 Å². The predicted octanol–water partition coefficient (Wildman–Crippen LogP) is 4.28. The van der Waals surface area contributed by atoms with Crippen molar-refractivity contribution in [2.75, 3.05) is 78.9 Å². The van der Waals surface area contributed by atoms with Gasteiger partial charge in [0.05, 0.1) is 62.6 Å². The number of rotatable bonds is 19. The lowest BCUT2D eigenvalue weighted by Gasteiger charge is -2.29. The van der Waals surface area contributed by atoms with Crippen LogP contribution in [0.25, 0.3) is 11.0 Å². The fraction of sp³-hybridized carbons (Fsp3) is 0.523. The van der Waals surface area contributed by atoms with Gasteiger partial charge in [0.25, 0.3) is 0 Å². The molecule has 3 unspecified atom stereocenters. The first-order chi connectivity index (χ1) is 28.1. The number of morpholine rings is 2. The molecule has 2 saturated heterocycles. The minimum absolute atomic E-state index is 0.0900. The summed E-state index contributed by atoms with van der Waals surface area (Å²) < 4.78 is 30.4. The number of ether oxygens (including phenoxy) is 5. The monoisotopic (exact) mass is 800 g/mol. The molecule has 2 amide bonds. The minimum Gasteiger partial charge on any atom is -0.492 e. The molecule has 3 N–H and O–H groups in total. The maximum absolute atomic E-state index is 14.1. The lowest BCUT2D eigenvalue weighted by molar-refractivity contribution is -0.126. The molecule has 3 heterocycles. The smallest absolute Gasteiger partial charge is 0.407 e. The maximum Gasteiger partial charge on any atom is 0.407 e. The van der Waals surface area contributed by atoms with Crippen molar-refractivity contribution in [3.8, 4) is 11.5 Å². The highest BCUT2D eigenvalue weighted by molar-refractivity contribution is 5.80. The Bertz CT molecular complexity index is 1860. The molecule has 3 aromatic carbocycles. The molecule has 1 aromatic heterocycles. The van der Waals surface area contributed by atoms with E-state index in [1.54, 1.807) is 27.1 Å². The third-order valence-electron chi connectivity index (χ3n) is 10.3. The Morgan fingerprint density at radius 3 is 2.05 bits per heavy atom. The van der Waals surface area contributed by atoms with Crippen LogP contribution in [0.3, 0.4) is 0 Å². The second-order valence-corrected chi connectivity index (χ2v) is 16.0. The van der Waals surface area contributed by atoms with Gasteiger partial charge in [-0.2, -0.15) is 0 Å². The van der Waals surface area contributed by atoms with Crippen LogP contribution in [0.2, 0.25) is 0 Å². The molecular weight excluding hydrogens is 741 g/mol. The average Bonchev–Trinajstić information content (AvgIpc) is 3.62. The lowest BCUT2D eigenvalue weighted by Crippen LogP contribution is -2.48. The topological polar surface area (TPSA) is 149 Å². The van der Waals surface area contributed by atoms with Gasteiger partial charge in [-0.1, -0.05) is 42.5 Å². The molecule has 0 spiro atoms. The molecule has 14 heteroatoms. The molecule has 0 aliphatic carbocycles. The van der Waals surface area contributed by atoms with Crippen LogP contribution < -0.4 is 20.1 Å². The van der Waals surface area contributed by atoms with Crippen molar-refractivity contribution in [3.63, 3.8) is 0 Å². The fourth-order valence-corrected chi connectivity index (χ4v) is 7.16. The lowest BCUT2D eigenvalue weighted by atomic mass is 9.88. The highest BCUT2D eigenvalue weighted by Crippen LogP contribution is 2.23. The summed E-state index contributed by atoms with van der Waals surface area (Å²) in [5.41, 5.74) is 2.75. The first-order valence-electron chi connectivity index (χ1n) is 20.5. The van der Waals surface area contributed by atoms with E-state index in [0.29, 0.717) is 26.1 Å². The van der Waals surface area contributed by atoms with E-state index in [9.17, 15) is 14.7 Å². The van der Waals surface area contributed by atoms with E-state index < -0.39 is 29.8 Å². The predicted molar refractivity (Wildman–Crippen MR) is 221 cm³/mol. The molecule has 3 atom stereocenters. The van der Waals surface area contributed by atoms with E-state index in [1.165, 1.54) is 0 Å². The van der Waals surface area contributed by atoms with Crippen LogP contribution in [0.4, 0.5) is 4.79 Å². The van der Waals surface area contributed by atoms with Crippen molar-refractivity contribution in [2.24, 2.45) is 5.92 Å². The summed E-state index contributed by atoms with van der Waals surface area (Å²) in [5.74, 6) is 0.622. The van der Waals surface area contributed by atoms with Gasteiger partial charge in [0.1, 0.15) is 30.3 Å². The third kappa shape index (κ3) is 13.7. The number of nitrogens with zero attached hydrogens (tertiary/aromatic N) is 4. The van der Waals surface area contributed by atoms with Crippen LogP contribution in [0.1, 0.15) is 38.3 Å².